The molecule has 0 fully saturated rings. The van der Waals surface area contributed by atoms with E-state index in [1.807, 2.05) is 0 Å². The lowest BCUT2D eigenvalue weighted by Gasteiger charge is -2.23. The Bertz CT molecular complexity index is 282. The molecule has 0 saturated heterocycles. The van der Waals surface area contributed by atoms with E-state index in [0.717, 1.165) is 11.8 Å². The zero-order chi connectivity index (χ0) is 11.2. The summed E-state index contributed by atoms with van der Waals surface area (Å²) in [4.78, 5) is 0. The van der Waals surface area contributed by atoms with Crippen molar-refractivity contribution in [2.24, 2.45) is 11.8 Å². The molecule has 2 aliphatic carbocycles. The van der Waals surface area contributed by atoms with Crippen molar-refractivity contribution < 1.29 is 0 Å². The fourth-order valence-corrected chi connectivity index (χ4v) is 2.88. The first-order valence-electron chi connectivity index (χ1n) is 6.84. The first-order chi connectivity index (χ1) is 7.86. The number of hydrogen-bond donors (Lipinski definition) is 0. The summed E-state index contributed by atoms with van der Waals surface area (Å²) in [6, 6.07) is 0. The highest BCUT2D eigenvalue weighted by Gasteiger charge is 2.15. The standard InChI is InChI=1S/C16H24/c1-14(16-10-6-3-7-11-16)12-13-15-8-4-2-5-9-15/h2-4,6,15-16H,1,5,7-13H2. The van der Waals surface area contributed by atoms with Gasteiger partial charge in [0, 0.05) is 0 Å². The molecule has 0 aromatic rings. The molecule has 2 rings (SSSR count). The third kappa shape index (κ3) is 3.37. The molecular weight excluding hydrogens is 192 g/mol. The largest absolute Gasteiger partial charge is 0.0996 e. The molecule has 0 N–H and O–H groups in total. The van der Waals surface area contributed by atoms with E-state index in [1.165, 1.54) is 56.9 Å². The summed E-state index contributed by atoms with van der Waals surface area (Å²) >= 11 is 0. The lowest BCUT2D eigenvalue weighted by Crippen LogP contribution is -2.08. The molecule has 0 amide bonds. The average molecular weight is 216 g/mol. The first-order valence-corrected chi connectivity index (χ1v) is 6.84. The summed E-state index contributed by atoms with van der Waals surface area (Å²) in [5.41, 5.74) is 1.51. The minimum Gasteiger partial charge on any atom is -0.0996 e. The second kappa shape index (κ2) is 6.08. The quantitative estimate of drug-likeness (QED) is 0.578. The molecule has 0 saturated carbocycles. The molecule has 0 bridgehead atoms. The molecule has 0 aromatic heterocycles. The topological polar surface area (TPSA) is 0 Å². The van der Waals surface area contributed by atoms with Crippen LogP contribution in [0.2, 0.25) is 0 Å². The summed E-state index contributed by atoms with van der Waals surface area (Å²) in [5.74, 6) is 1.71. The van der Waals surface area contributed by atoms with Gasteiger partial charge in [0.1, 0.15) is 0 Å². The van der Waals surface area contributed by atoms with Gasteiger partial charge in [0.2, 0.25) is 0 Å². The van der Waals surface area contributed by atoms with Crippen LogP contribution < -0.4 is 0 Å². The van der Waals surface area contributed by atoms with E-state index in [1.54, 1.807) is 0 Å². The normalized spacial score (nSPS) is 29.2. The Morgan fingerprint density at radius 3 is 2.38 bits per heavy atom. The van der Waals surface area contributed by atoms with Crippen LogP contribution in [0.1, 0.15) is 51.4 Å². The number of rotatable bonds is 4. The Labute approximate surface area is 100 Å². The van der Waals surface area contributed by atoms with Crippen LogP contribution in [0.25, 0.3) is 0 Å². The van der Waals surface area contributed by atoms with Gasteiger partial charge in [-0.05, 0) is 63.2 Å². The molecule has 2 aliphatic rings. The van der Waals surface area contributed by atoms with Crippen molar-refractivity contribution >= 4 is 0 Å². The maximum absolute atomic E-state index is 4.31. The Balaban J connectivity index is 1.70. The van der Waals surface area contributed by atoms with Crippen LogP contribution in [0.3, 0.4) is 0 Å². The van der Waals surface area contributed by atoms with E-state index in [2.05, 4.69) is 30.9 Å². The smallest absolute Gasteiger partial charge is 0.0168 e. The van der Waals surface area contributed by atoms with Gasteiger partial charge in [-0.25, -0.2) is 0 Å². The van der Waals surface area contributed by atoms with Gasteiger partial charge in [0.15, 0.2) is 0 Å². The van der Waals surface area contributed by atoms with Gasteiger partial charge in [-0.1, -0.05) is 36.5 Å². The van der Waals surface area contributed by atoms with Gasteiger partial charge in [-0.15, -0.1) is 0 Å². The Morgan fingerprint density at radius 2 is 1.75 bits per heavy atom. The summed E-state index contributed by atoms with van der Waals surface area (Å²) < 4.78 is 0. The van der Waals surface area contributed by atoms with Gasteiger partial charge in [-0.3, -0.25) is 0 Å². The van der Waals surface area contributed by atoms with Crippen LogP contribution in [-0.2, 0) is 0 Å². The van der Waals surface area contributed by atoms with Crippen LogP contribution in [0.4, 0.5) is 0 Å². The Hall–Kier alpha value is -0.780. The van der Waals surface area contributed by atoms with Gasteiger partial charge in [-0.2, -0.15) is 0 Å². The second-order valence-corrected chi connectivity index (χ2v) is 5.33. The van der Waals surface area contributed by atoms with Crippen molar-refractivity contribution in [1.82, 2.24) is 0 Å². The lowest BCUT2D eigenvalue weighted by atomic mass is 9.83. The van der Waals surface area contributed by atoms with Crippen LogP contribution in [0.5, 0.6) is 0 Å². The molecule has 0 spiro atoms. The predicted molar refractivity (Wildman–Crippen MR) is 71.3 cm³/mol. The maximum Gasteiger partial charge on any atom is -0.0168 e. The maximum atomic E-state index is 4.31. The fraction of sp³-hybridized carbons (Fsp3) is 0.625. The molecule has 2 atom stereocenters. The molecule has 16 heavy (non-hydrogen) atoms. The van der Waals surface area contributed by atoms with E-state index < -0.39 is 0 Å². The zero-order valence-corrected chi connectivity index (χ0v) is 10.3. The van der Waals surface area contributed by atoms with Gasteiger partial charge in [0.05, 0.1) is 0 Å². The molecule has 2 unspecified atom stereocenters. The Kier molecular flexibility index (Phi) is 4.44. The molecular formula is C16H24. The third-order valence-electron chi connectivity index (χ3n) is 4.10. The van der Waals surface area contributed by atoms with Crippen LogP contribution in [0, 0.1) is 11.8 Å². The minimum absolute atomic E-state index is 0.782. The van der Waals surface area contributed by atoms with Gasteiger partial charge < -0.3 is 0 Å². The molecule has 0 radical (unpaired) electrons. The minimum atomic E-state index is 0.782. The van der Waals surface area contributed by atoms with E-state index in [4.69, 9.17) is 0 Å². The number of allylic oxidation sites excluding steroid dienone is 5. The van der Waals surface area contributed by atoms with Crippen molar-refractivity contribution in [3.63, 3.8) is 0 Å². The predicted octanol–water partition coefficient (Wildman–Crippen LogP) is 5.04. The van der Waals surface area contributed by atoms with Crippen molar-refractivity contribution in [3.8, 4) is 0 Å². The summed E-state index contributed by atoms with van der Waals surface area (Å²) in [5, 5.41) is 0. The Morgan fingerprint density at radius 1 is 1.00 bits per heavy atom. The van der Waals surface area contributed by atoms with Gasteiger partial charge >= 0.3 is 0 Å². The molecule has 0 heterocycles. The summed E-state index contributed by atoms with van der Waals surface area (Å²) in [6.45, 7) is 4.31. The van der Waals surface area contributed by atoms with E-state index in [0.29, 0.717) is 0 Å². The molecule has 0 aliphatic heterocycles. The number of hydrogen-bond acceptors (Lipinski definition) is 0. The van der Waals surface area contributed by atoms with Crippen molar-refractivity contribution in [2.45, 2.75) is 51.4 Å². The van der Waals surface area contributed by atoms with Crippen LogP contribution in [-0.4, -0.2) is 0 Å². The van der Waals surface area contributed by atoms with Crippen LogP contribution in [0.15, 0.2) is 36.5 Å². The highest BCUT2D eigenvalue weighted by molar-refractivity contribution is 5.07. The zero-order valence-electron chi connectivity index (χ0n) is 10.3. The van der Waals surface area contributed by atoms with Crippen molar-refractivity contribution in [3.05, 3.63) is 36.5 Å². The van der Waals surface area contributed by atoms with E-state index in [-0.39, 0.29) is 0 Å². The first kappa shape index (κ1) is 11.7. The van der Waals surface area contributed by atoms with Gasteiger partial charge in [0.25, 0.3) is 0 Å². The summed E-state index contributed by atoms with van der Waals surface area (Å²) in [6.07, 6.45) is 19.8. The van der Waals surface area contributed by atoms with Crippen molar-refractivity contribution in [1.29, 1.82) is 0 Å². The lowest BCUT2D eigenvalue weighted by molar-refractivity contribution is 0.428. The second-order valence-electron chi connectivity index (χ2n) is 5.33. The third-order valence-corrected chi connectivity index (χ3v) is 4.10. The average Bonchev–Trinajstić information content (AvgIpc) is 2.38. The van der Waals surface area contributed by atoms with E-state index in [9.17, 15) is 0 Å². The fourth-order valence-electron chi connectivity index (χ4n) is 2.88. The SMILES string of the molecule is C=C(CCC1CC=CCC1)C1CC=CCC1. The molecule has 88 valence electrons. The van der Waals surface area contributed by atoms with E-state index >= 15 is 0 Å². The van der Waals surface area contributed by atoms with Crippen molar-refractivity contribution in [2.75, 3.05) is 0 Å². The highest BCUT2D eigenvalue weighted by atomic mass is 14.2. The summed E-state index contributed by atoms with van der Waals surface area (Å²) in [7, 11) is 0. The van der Waals surface area contributed by atoms with Crippen LogP contribution >= 0.6 is 0 Å². The molecule has 0 aromatic carbocycles. The molecule has 0 nitrogen and oxygen atoms in total. The molecule has 0 heteroatoms. The highest BCUT2D eigenvalue weighted by Crippen LogP contribution is 2.30. The monoisotopic (exact) mass is 216 g/mol.